The summed E-state index contributed by atoms with van der Waals surface area (Å²) >= 11 is 1.72. The van der Waals surface area contributed by atoms with Crippen molar-refractivity contribution in [1.82, 2.24) is 30.1 Å². The van der Waals surface area contributed by atoms with Crippen LogP contribution in [-0.4, -0.2) is 30.1 Å². The summed E-state index contributed by atoms with van der Waals surface area (Å²) < 4.78 is 1.96. The second-order valence-electron chi connectivity index (χ2n) is 10.0. The topological polar surface area (TPSA) is 79.7 Å². The molecule has 1 aromatic carbocycles. The zero-order chi connectivity index (χ0) is 24.5. The van der Waals surface area contributed by atoms with Gasteiger partial charge >= 0.3 is 0 Å². The molecule has 0 aliphatic rings. The molecule has 34 heavy (non-hydrogen) atoms. The number of nitrogens with zero attached hydrogens (tertiary/aromatic N) is 5. The highest BCUT2D eigenvalue weighted by Crippen LogP contribution is 2.33. The Labute approximate surface area is 204 Å². The Kier molecular flexibility index (Phi) is 7.00. The molecule has 0 fully saturated rings. The lowest BCUT2D eigenvalue weighted by Gasteiger charge is -2.35. The van der Waals surface area contributed by atoms with Gasteiger partial charge in [-0.1, -0.05) is 39.0 Å². The molecule has 8 heteroatoms. The molecule has 0 aliphatic carbocycles. The van der Waals surface area contributed by atoms with Crippen LogP contribution in [0.2, 0.25) is 0 Å². The minimum Gasteiger partial charge on any atom is -0.322 e. The van der Waals surface area contributed by atoms with Crippen molar-refractivity contribution < 1.29 is 0 Å². The van der Waals surface area contributed by atoms with Crippen LogP contribution in [0.1, 0.15) is 68.9 Å². The van der Waals surface area contributed by atoms with Gasteiger partial charge in [-0.05, 0) is 78.1 Å². The minimum atomic E-state index is -0.209. The average Bonchev–Trinajstić information content (AvgIpc) is 3.47. The molecule has 180 valence electrons. The van der Waals surface area contributed by atoms with Gasteiger partial charge in [0.15, 0.2) is 5.82 Å². The molecule has 4 aromatic rings. The molecule has 0 saturated carbocycles. The predicted octanol–water partition coefficient (Wildman–Crippen LogP) is 5.43. The monoisotopic (exact) mass is 478 g/mol. The lowest BCUT2D eigenvalue weighted by Crippen LogP contribution is -2.38. The molecular formula is C26H34N6OS. The van der Waals surface area contributed by atoms with Crippen molar-refractivity contribution in [1.29, 1.82) is 0 Å². The van der Waals surface area contributed by atoms with Gasteiger partial charge in [-0.3, -0.25) is 9.69 Å². The maximum Gasteiger partial charge on any atom is 0.252 e. The molecular weight excluding hydrogens is 444 g/mol. The molecule has 0 saturated heterocycles. The first-order valence-corrected chi connectivity index (χ1v) is 12.8. The van der Waals surface area contributed by atoms with Gasteiger partial charge in [0.2, 0.25) is 0 Å². The molecule has 0 spiro atoms. The molecule has 0 unspecified atom stereocenters. The number of hydrogen-bond acceptors (Lipinski definition) is 6. The molecule has 0 radical (unpaired) electrons. The first kappa shape index (κ1) is 24.3. The van der Waals surface area contributed by atoms with Crippen LogP contribution in [-0.2, 0) is 18.6 Å². The minimum absolute atomic E-state index is 0.0507. The van der Waals surface area contributed by atoms with Crippen LogP contribution in [0, 0.1) is 12.8 Å². The second kappa shape index (κ2) is 9.80. The van der Waals surface area contributed by atoms with Gasteiger partial charge in [0.05, 0.1) is 11.6 Å². The van der Waals surface area contributed by atoms with Crippen molar-refractivity contribution in [2.75, 3.05) is 0 Å². The van der Waals surface area contributed by atoms with Crippen LogP contribution < -0.4 is 5.56 Å². The zero-order valence-electron chi connectivity index (χ0n) is 20.9. The number of H-pyrrole nitrogens is 1. The highest BCUT2D eigenvalue weighted by atomic mass is 32.1. The second-order valence-corrected chi connectivity index (χ2v) is 11.0. The Morgan fingerprint density at radius 2 is 1.97 bits per heavy atom. The van der Waals surface area contributed by atoms with E-state index in [1.54, 1.807) is 11.3 Å². The molecule has 4 rings (SSSR count). The summed E-state index contributed by atoms with van der Waals surface area (Å²) in [6, 6.07) is 12.3. The Morgan fingerprint density at radius 1 is 1.18 bits per heavy atom. The van der Waals surface area contributed by atoms with Crippen LogP contribution >= 0.6 is 11.3 Å². The van der Waals surface area contributed by atoms with E-state index in [1.165, 1.54) is 4.88 Å². The van der Waals surface area contributed by atoms with Crippen molar-refractivity contribution in [2.45, 2.75) is 72.6 Å². The fraction of sp³-hybridized carbons (Fsp3) is 0.462. The highest BCUT2D eigenvalue weighted by molar-refractivity contribution is 7.09. The third kappa shape index (κ3) is 4.98. The van der Waals surface area contributed by atoms with E-state index < -0.39 is 0 Å². The number of hydrogen-bond donors (Lipinski definition) is 1. The molecule has 0 amide bonds. The lowest BCUT2D eigenvalue weighted by molar-refractivity contribution is 0.119. The van der Waals surface area contributed by atoms with Gasteiger partial charge in [-0.25, -0.2) is 4.68 Å². The van der Waals surface area contributed by atoms with Crippen LogP contribution in [0.4, 0.5) is 0 Å². The molecule has 3 aromatic heterocycles. The summed E-state index contributed by atoms with van der Waals surface area (Å²) in [6.07, 6.45) is 0.907. The van der Waals surface area contributed by atoms with E-state index in [0.29, 0.717) is 13.1 Å². The largest absolute Gasteiger partial charge is 0.322 e. The van der Waals surface area contributed by atoms with E-state index in [0.717, 1.165) is 34.3 Å². The maximum absolute atomic E-state index is 13.1. The van der Waals surface area contributed by atoms with Crippen molar-refractivity contribution in [2.24, 2.45) is 5.92 Å². The number of benzene rings is 1. The van der Waals surface area contributed by atoms with Gasteiger partial charge in [-0.15, -0.1) is 16.4 Å². The summed E-state index contributed by atoms with van der Waals surface area (Å²) in [5, 5.41) is 16.1. The molecule has 7 nitrogen and oxygen atoms in total. The lowest BCUT2D eigenvalue weighted by atomic mass is 9.97. The normalized spacial score (nSPS) is 13.3. The number of rotatable bonds is 9. The molecule has 3 heterocycles. The third-order valence-electron chi connectivity index (χ3n) is 6.61. The fourth-order valence-corrected chi connectivity index (χ4v) is 5.12. The summed E-state index contributed by atoms with van der Waals surface area (Å²) in [7, 11) is 0. The summed E-state index contributed by atoms with van der Waals surface area (Å²) in [6.45, 7) is 14.1. The molecule has 0 aliphatic heterocycles. The van der Waals surface area contributed by atoms with Crippen LogP contribution in [0.3, 0.4) is 0 Å². The summed E-state index contributed by atoms with van der Waals surface area (Å²) in [5.41, 5.74) is 2.48. The number of tetrazole rings is 1. The highest BCUT2D eigenvalue weighted by Gasteiger charge is 2.34. The fourth-order valence-electron chi connectivity index (χ4n) is 4.39. The molecule has 0 bridgehead atoms. The van der Waals surface area contributed by atoms with Gasteiger partial charge in [0, 0.05) is 29.0 Å². The first-order valence-electron chi connectivity index (χ1n) is 11.9. The molecule has 1 atom stereocenters. The predicted molar refractivity (Wildman–Crippen MR) is 138 cm³/mol. The zero-order valence-corrected chi connectivity index (χ0v) is 21.7. The van der Waals surface area contributed by atoms with Crippen LogP contribution in [0.5, 0.6) is 0 Å². The number of aromatic nitrogens is 5. The number of aromatic amines is 1. The van der Waals surface area contributed by atoms with E-state index >= 15 is 0 Å². The Bertz CT molecular complexity index is 1300. The van der Waals surface area contributed by atoms with E-state index in [2.05, 4.69) is 89.7 Å². The van der Waals surface area contributed by atoms with Gasteiger partial charge in [0.25, 0.3) is 5.56 Å². The first-order chi connectivity index (χ1) is 16.2. The van der Waals surface area contributed by atoms with Crippen molar-refractivity contribution in [3.63, 3.8) is 0 Å². The van der Waals surface area contributed by atoms with Gasteiger partial charge in [-0.2, -0.15) is 0 Å². The number of aryl methyl sites for hydroxylation is 1. The van der Waals surface area contributed by atoms with Crippen LogP contribution in [0.15, 0.2) is 46.6 Å². The van der Waals surface area contributed by atoms with E-state index in [1.807, 2.05) is 23.7 Å². The smallest absolute Gasteiger partial charge is 0.252 e. The number of thiophene rings is 1. The Hall–Kier alpha value is -2.84. The van der Waals surface area contributed by atoms with E-state index in [4.69, 9.17) is 0 Å². The number of pyridine rings is 1. The van der Waals surface area contributed by atoms with Gasteiger partial charge in [0.1, 0.15) is 0 Å². The number of fused-ring (bicyclic) bond motifs is 1. The van der Waals surface area contributed by atoms with Gasteiger partial charge < -0.3 is 4.98 Å². The quantitative estimate of drug-likeness (QED) is 0.347. The third-order valence-corrected chi connectivity index (χ3v) is 7.47. The standard InChI is InChI=1S/C26H34N6OS/c1-7-26(5,6)32-24(28-29-30-32)23(17(2)3)31(16-21-9-8-12-34-21)15-20-14-19-11-10-18(4)13-22(19)27-25(20)33/h8-14,17,23H,7,15-16H2,1-6H3,(H,27,33)/t23-/m1/s1. The van der Waals surface area contributed by atoms with E-state index in [9.17, 15) is 4.79 Å². The van der Waals surface area contributed by atoms with Crippen LogP contribution in [0.25, 0.3) is 10.9 Å². The summed E-state index contributed by atoms with van der Waals surface area (Å²) in [5.74, 6) is 1.07. The van der Waals surface area contributed by atoms with E-state index in [-0.39, 0.29) is 23.1 Å². The SMILES string of the molecule is CCC(C)(C)n1nnnc1[C@@H](C(C)C)N(Cc1cccs1)Cc1cc2ccc(C)cc2[nH]c1=O. The Morgan fingerprint density at radius 3 is 2.65 bits per heavy atom. The number of nitrogens with one attached hydrogen (secondary N) is 1. The van der Waals surface area contributed by atoms with Crippen molar-refractivity contribution >= 4 is 22.2 Å². The van der Waals surface area contributed by atoms with Crippen molar-refractivity contribution in [3.05, 3.63) is 74.0 Å². The maximum atomic E-state index is 13.1. The summed E-state index contributed by atoms with van der Waals surface area (Å²) in [4.78, 5) is 19.8. The molecule has 1 N–H and O–H groups in total. The van der Waals surface area contributed by atoms with Crippen molar-refractivity contribution in [3.8, 4) is 0 Å². The Balaban J connectivity index is 1.79. The average molecular weight is 479 g/mol.